The van der Waals surface area contributed by atoms with Gasteiger partial charge in [0.15, 0.2) is 11.4 Å². The second-order valence-corrected chi connectivity index (χ2v) is 3.77. The van der Waals surface area contributed by atoms with Gasteiger partial charge in [0.25, 0.3) is 0 Å². The van der Waals surface area contributed by atoms with Gasteiger partial charge >= 0.3 is 0 Å². The predicted octanol–water partition coefficient (Wildman–Crippen LogP) is 3.34. The van der Waals surface area contributed by atoms with Gasteiger partial charge in [0, 0.05) is 5.56 Å². The normalized spacial score (nSPS) is 9.58. The standard InChI is InChI=1S/C15H13NO3/c1-18-13-9-8-12(11-6-4-3-5-7-11)15(19-2)14(13)16-10-17/h3-9H,1-2H3. The summed E-state index contributed by atoms with van der Waals surface area (Å²) in [6.07, 6.45) is 1.53. The van der Waals surface area contributed by atoms with Crippen LogP contribution in [0, 0.1) is 0 Å². The molecule has 0 aliphatic rings. The maximum Gasteiger partial charge on any atom is 0.240 e. The molecule has 0 bridgehead atoms. The van der Waals surface area contributed by atoms with Crippen molar-refractivity contribution in [3.8, 4) is 22.6 Å². The summed E-state index contributed by atoms with van der Waals surface area (Å²) in [6.45, 7) is 0. The van der Waals surface area contributed by atoms with Crippen LogP contribution in [0.25, 0.3) is 11.1 Å². The quantitative estimate of drug-likeness (QED) is 0.622. The van der Waals surface area contributed by atoms with E-state index in [9.17, 15) is 4.79 Å². The first-order chi connectivity index (χ1) is 9.31. The van der Waals surface area contributed by atoms with Crippen molar-refractivity contribution < 1.29 is 14.3 Å². The van der Waals surface area contributed by atoms with Crippen molar-refractivity contribution in [2.75, 3.05) is 14.2 Å². The van der Waals surface area contributed by atoms with Crippen LogP contribution in [0.4, 0.5) is 5.69 Å². The fourth-order valence-corrected chi connectivity index (χ4v) is 1.92. The zero-order chi connectivity index (χ0) is 13.7. The molecule has 96 valence electrons. The molecule has 0 fully saturated rings. The zero-order valence-corrected chi connectivity index (χ0v) is 10.7. The minimum atomic E-state index is 0.348. The first-order valence-corrected chi connectivity index (χ1v) is 5.70. The Morgan fingerprint density at radius 2 is 1.74 bits per heavy atom. The molecular weight excluding hydrogens is 242 g/mol. The van der Waals surface area contributed by atoms with Gasteiger partial charge in [-0.15, -0.1) is 0 Å². The summed E-state index contributed by atoms with van der Waals surface area (Å²) in [4.78, 5) is 14.2. The molecule has 0 N–H and O–H groups in total. The van der Waals surface area contributed by atoms with Gasteiger partial charge in [-0.2, -0.15) is 4.99 Å². The summed E-state index contributed by atoms with van der Waals surface area (Å²) in [7, 11) is 3.05. The Morgan fingerprint density at radius 3 is 2.32 bits per heavy atom. The Bertz CT molecular complexity index is 617. The first kappa shape index (κ1) is 12.9. The number of isocyanates is 1. The van der Waals surface area contributed by atoms with E-state index in [1.54, 1.807) is 6.07 Å². The molecule has 0 amide bonds. The van der Waals surface area contributed by atoms with Crippen LogP contribution in [-0.2, 0) is 4.79 Å². The molecule has 0 aliphatic carbocycles. The van der Waals surface area contributed by atoms with Crippen molar-refractivity contribution in [1.82, 2.24) is 0 Å². The molecule has 2 rings (SSSR count). The fourth-order valence-electron chi connectivity index (χ4n) is 1.92. The largest absolute Gasteiger partial charge is 0.494 e. The van der Waals surface area contributed by atoms with Gasteiger partial charge in [-0.05, 0) is 17.7 Å². The van der Waals surface area contributed by atoms with Crippen molar-refractivity contribution in [1.29, 1.82) is 0 Å². The topological polar surface area (TPSA) is 47.9 Å². The number of rotatable bonds is 4. The molecule has 0 aliphatic heterocycles. The third kappa shape index (κ3) is 2.49. The summed E-state index contributed by atoms with van der Waals surface area (Å²) in [5.41, 5.74) is 2.17. The lowest BCUT2D eigenvalue weighted by Crippen LogP contribution is -1.92. The lowest BCUT2D eigenvalue weighted by Gasteiger charge is -2.13. The summed E-state index contributed by atoms with van der Waals surface area (Å²) in [6, 6.07) is 13.3. The number of methoxy groups -OCH3 is 2. The van der Waals surface area contributed by atoms with Gasteiger partial charge in [0.1, 0.15) is 5.75 Å². The molecule has 0 atom stereocenters. The van der Waals surface area contributed by atoms with Gasteiger partial charge in [0.2, 0.25) is 6.08 Å². The smallest absolute Gasteiger partial charge is 0.240 e. The molecule has 0 saturated carbocycles. The monoisotopic (exact) mass is 255 g/mol. The third-order valence-electron chi connectivity index (χ3n) is 2.76. The number of carbonyl (C=O) groups excluding carboxylic acids is 1. The second kappa shape index (κ2) is 5.85. The van der Waals surface area contributed by atoms with E-state index in [-0.39, 0.29) is 0 Å². The number of nitrogens with zero attached hydrogens (tertiary/aromatic N) is 1. The Morgan fingerprint density at radius 1 is 1.00 bits per heavy atom. The molecule has 0 saturated heterocycles. The minimum Gasteiger partial charge on any atom is -0.494 e. The van der Waals surface area contributed by atoms with Gasteiger partial charge < -0.3 is 9.47 Å². The lowest BCUT2D eigenvalue weighted by atomic mass is 10.0. The van der Waals surface area contributed by atoms with E-state index < -0.39 is 0 Å². The summed E-state index contributed by atoms with van der Waals surface area (Å²) in [5, 5.41) is 0. The molecule has 0 aromatic heterocycles. The Hall–Kier alpha value is -2.58. The fraction of sp³-hybridized carbons (Fsp3) is 0.133. The van der Waals surface area contributed by atoms with Crippen LogP contribution in [0.5, 0.6) is 11.5 Å². The van der Waals surface area contributed by atoms with Crippen LogP contribution in [-0.4, -0.2) is 20.3 Å². The molecule has 0 unspecified atom stereocenters. The highest BCUT2D eigenvalue weighted by Gasteiger charge is 2.15. The van der Waals surface area contributed by atoms with Gasteiger partial charge in [0.05, 0.1) is 14.2 Å². The molecule has 2 aromatic carbocycles. The molecule has 2 aromatic rings. The Labute approximate surface area is 111 Å². The Balaban J connectivity index is 2.70. The van der Waals surface area contributed by atoms with E-state index in [0.717, 1.165) is 11.1 Å². The number of benzene rings is 2. The molecule has 19 heavy (non-hydrogen) atoms. The molecule has 4 heteroatoms. The maximum absolute atomic E-state index is 10.6. The predicted molar refractivity (Wildman–Crippen MR) is 72.8 cm³/mol. The van der Waals surface area contributed by atoms with E-state index in [1.807, 2.05) is 36.4 Å². The summed E-state index contributed by atoms with van der Waals surface area (Å²) < 4.78 is 10.6. The van der Waals surface area contributed by atoms with Crippen LogP contribution in [0.1, 0.15) is 0 Å². The number of hydrogen-bond donors (Lipinski definition) is 0. The van der Waals surface area contributed by atoms with E-state index >= 15 is 0 Å². The zero-order valence-electron chi connectivity index (χ0n) is 10.7. The number of ether oxygens (including phenoxy) is 2. The van der Waals surface area contributed by atoms with Crippen LogP contribution in [0.15, 0.2) is 47.5 Å². The van der Waals surface area contributed by atoms with E-state index in [2.05, 4.69) is 4.99 Å². The highest BCUT2D eigenvalue weighted by atomic mass is 16.5. The second-order valence-electron chi connectivity index (χ2n) is 3.77. The van der Waals surface area contributed by atoms with Crippen molar-refractivity contribution in [3.05, 3.63) is 42.5 Å². The van der Waals surface area contributed by atoms with Gasteiger partial charge in [-0.1, -0.05) is 30.3 Å². The van der Waals surface area contributed by atoms with Crippen LogP contribution in [0.2, 0.25) is 0 Å². The molecule has 0 heterocycles. The first-order valence-electron chi connectivity index (χ1n) is 5.70. The van der Waals surface area contributed by atoms with Crippen molar-refractivity contribution >= 4 is 11.8 Å². The Kier molecular flexibility index (Phi) is 3.96. The number of hydrogen-bond acceptors (Lipinski definition) is 4. The van der Waals surface area contributed by atoms with Crippen molar-refractivity contribution in [2.45, 2.75) is 0 Å². The van der Waals surface area contributed by atoms with E-state index in [1.165, 1.54) is 20.3 Å². The van der Waals surface area contributed by atoms with Crippen LogP contribution >= 0.6 is 0 Å². The highest BCUT2D eigenvalue weighted by molar-refractivity contribution is 5.81. The van der Waals surface area contributed by atoms with E-state index in [4.69, 9.17) is 9.47 Å². The minimum absolute atomic E-state index is 0.348. The summed E-state index contributed by atoms with van der Waals surface area (Å²) >= 11 is 0. The average molecular weight is 255 g/mol. The van der Waals surface area contributed by atoms with Crippen molar-refractivity contribution in [3.63, 3.8) is 0 Å². The van der Waals surface area contributed by atoms with Crippen LogP contribution < -0.4 is 9.47 Å². The van der Waals surface area contributed by atoms with E-state index in [0.29, 0.717) is 17.2 Å². The molecule has 0 radical (unpaired) electrons. The van der Waals surface area contributed by atoms with Crippen LogP contribution in [0.3, 0.4) is 0 Å². The number of aliphatic imine (C=N–C) groups is 1. The SMILES string of the molecule is COc1ccc(-c2ccccc2)c(OC)c1N=C=O. The van der Waals surface area contributed by atoms with Gasteiger partial charge in [-0.25, -0.2) is 4.79 Å². The van der Waals surface area contributed by atoms with Gasteiger partial charge in [-0.3, -0.25) is 0 Å². The average Bonchev–Trinajstić information content (AvgIpc) is 2.48. The molecule has 0 spiro atoms. The molecular formula is C15H13NO3. The maximum atomic E-state index is 10.6. The summed E-state index contributed by atoms with van der Waals surface area (Å²) in [5.74, 6) is 0.966. The van der Waals surface area contributed by atoms with Crippen molar-refractivity contribution in [2.24, 2.45) is 4.99 Å². The third-order valence-corrected chi connectivity index (χ3v) is 2.76. The highest BCUT2D eigenvalue weighted by Crippen LogP contribution is 2.44. The lowest BCUT2D eigenvalue weighted by molar-refractivity contribution is 0.398. The molecule has 4 nitrogen and oxygen atoms in total.